The van der Waals surface area contributed by atoms with Crippen LogP contribution in [-0.4, -0.2) is 23.2 Å². The van der Waals surface area contributed by atoms with Crippen LogP contribution >= 0.6 is 0 Å². The van der Waals surface area contributed by atoms with E-state index < -0.39 is 12.0 Å². The minimum absolute atomic E-state index is 0.239. The van der Waals surface area contributed by atoms with E-state index in [1.807, 2.05) is 12.1 Å². The monoisotopic (exact) mass is 313 g/mol. The molecular weight excluding hydrogens is 290 g/mol. The highest BCUT2D eigenvalue weighted by Crippen LogP contribution is 2.60. The van der Waals surface area contributed by atoms with Gasteiger partial charge in [0.1, 0.15) is 18.0 Å². The second-order valence-corrected chi connectivity index (χ2v) is 7.25. The van der Waals surface area contributed by atoms with E-state index >= 15 is 0 Å². The average Bonchev–Trinajstić information content (AvgIpc) is 2.84. The zero-order valence-corrected chi connectivity index (χ0v) is 13.6. The number of hydrogen-bond donors (Lipinski definition) is 2. The van der Waals surface area contributed by atoms with E-state index in [9.17, 15) is 9.90 Å². The van der Waals surface area contributed by atoms with Crippen LogP contribution in [0.15, 0.2) is 24.3 Å². The quantitative estimate of drug-likeness (QED) is 0.841. The van der Waals surface area contributed by atoms with Crippen molar-refractivity contribution in [3.8, 4) is 5.75 Å². The zero-order valence-electron chi connectivity index (χ0n) is 13.6. The first-order valence-electron chi connectivity index (χ1n) is 8.50. The summed E-state index contributed by atoms with van der Waals surface area (Å²) in [5, 5.41) is 10.6. The van der Waals surface area contributed by atoms with E-state index in [0.717, 1.165) is 24.8 Å². The molecule has 0 bridgehead atoms. The highest BCUT2D eigenvalue weighted by Gasteiger charge is 2.60. The number of primary amides is 1. The summed E-state index contributed by atoms with van der Waals surface area (Å²) in [6.45, 7) is 4.43. The molecule has 4 nitrogen and oxygen atoms in total. The van der Waals surface area contributed by atoms with Gasteiger partial charge in [0.15, 0.2) is 0 Å². The van der Waals surface area contributed by atoms with Crippen LogP contribution in [0, 0.1) is 11.8 Å². The molecule has 0 aromatic heterocycles. The van der Waals surface area contributed by atoms with Gasteiger partial charge >= 0.3 is 0 Å². The van der Waals surface area contributed by atoms with Crippen LogP contribution in [0.3, 0.4) is 0 Å². The Morgan fingerprint density at radius 2 is 2.22 bits per heavy atom. The van der Waals surface area contributed by atoms with E-state index in [0.29, 0.717) is 23.1 Å². The van der Waals surface area contributed by atoms with Crippen LogP contribution in [0.2, 0.25) is 0 Å². The Morgan fingerprint density at radius 1 is 1.43 bits per heavy atom. The first-order chi connectivity index (χ1) is 11.0. The van der Waals surface area contributed by atoms with Crippen LogP contribution in [0.25, 0.3) is 0 Å². The van der Waals surface area contributed by atoms with Crippen LogP contribution in [0.1, 0.15) is 48.2 Å². The van der Waals surface area contributed by atoms with Gasteiger partial charge in [0.05, 0.1) is 5.56 Å². The number of carbonyl (C=O) groups is 1. The molecule has 0 fully saturated rings. The first-order valence-corrected chi connectivity index (χ1v) is 8.50. The third-order valence-electron chi connectivity index (χ3n) is 5.97. The van der Waals surface area contributed by atoms with Crippen molar-refractivity contribution < 1.29 is 14.6 Å². The molecule has 4 rings (SSSR count). The number of ether oxygens (including phenoxy) is 1. The van der Waals surface area contributed by atoms with Gasteiger partial charge in [-0.3, -0.25) is 4.79 Å². The van der Waals surface area contributed by atoms with Crippen LogP contribution < -0.4 is 10.5 Å². The molecule has 0 saturated carbocycles. The normalized spacial score (nSPS) is 36.5. The number of benzene rings is 1. The summed E-state index contributed by atoms with van der Waals surface area (Å²) in [5.74, 6) is 0.959. The second-order valence-electron chi connectivity index (χ2n) is 7.25. The Labute approximate surface area is 136 Å². The molecule has 0 spiro atoms. The fraction of sp³-hybridized carbons (Fsp3) is 0.526. The maximum atomic E-state index is 11.8. The van der Waals surface area contributed by atoms with Crippen molar-refractivity contribution in [2.24, 2.45) is 17.6 Å². The third-order valence-corrected chi connectivity index (χ3v) is 5.97. The Kier molecular flexibility index (Phi) is 3.11. The van der Waals surface area contributed by atoms with Crippen molar-refractivity contribution >= 4 is 5.91 Å². The molecule has 1 heterocycles. The standard InChI is InChI=1S/C19H23NO3/c1-3-8-19-13-6-7-14(21)17(19)23-16-12(18(20)22)5-4-11(15(16)19)9-10(13)2/h4-7,10,13-14,17,21H,3,8-9H2,1-2H3,(H2,20,22)/t10-,13+,14+,17+,19+/m1/s1. The topological polar surface area (TPSA) is 72.6 Å². The number of hydrogen-bond acceptors (Lipinski definition) is 3. The van der Waals surface area contributed by atoms with Crippen LogP contribution in [-0.2, 0) is 11.8 Å². The molecule has 5 atom stereocenters. The SMILES string of the molecule is CCC[C@]12c3c4ccc(C(N)=O)c3O[C@H]1[C@@H](O)C=C[C@H]2[C@H](C)C4. The van der Waals surface area contributed by atoms with E-state index in [1.54, 1.807) is 6.07 Å². The zero-order chi connectivity index (χ0) is 16.4. The molecular formula is C19H23NO3. The summed E-state index contributed by atoms with van der Waals surface area (Å²) < 4.78 is 6.21. The Balaban J connectivity index is 2.03. The maximum Gasteiger partial charge on any atom is 0.252 e. The van der Waals surface area contributed by atoms with Crippen LogP contribution in [0.5, 0.6) is 5.75 Å². The average molecular weight is 313 g/mol. The smallest absolute Gasteiger partial charge is 0.252 e. The molecule has 0 saturated heterocycles. The highest BCUT2D eigenvalue weighted by atomic mass is 16.5. The van der Waals surface area contributed by atoms with E-state index in [4.69, 9.17) is 10.5 Å². The molecule has 0 unspecified atom stereocenters. The predicted molar refractivity (Wildman–Crippen MR) is 87.5 cm³/mol. The van der Waals surface area contributed by atoms with Gasteiger partial charge in [0.2, 0.25) is 0 Å². The lowest BCUT2D eigenvalue weighted by molar-refractivity contribution is -0.0103. The van der Waals surface area contributed by atoms with E-state index in [-0.39, 0.29) is 11.5 Å². The molecule has 1 aliphatic heterocycles. The summed E-state index contributed by atoms with van der Waals surface area (Å²) in [7, 11) is 0. The molecule has 1 aromatic rings. The van der Waals surface area contributed by atoms with E-state index in [2.05, 4.69) is 19.9 Å². The lowest BCUT2D eigenvalue weighted by atomic mass is 9.53. The van der Waals surface area contributed by atoms with Crippen LogP contribution in [0.4, 0.5) is 0 Å². The molecule has 23 heavy (non-hydrogen) atoms. The molecule has 3 aliphatic rings. The number of aliphatic hydroxyl groups is 1. The predicted octanol–water partition coefficient (Wildman–Crippen LogP) is 2.32. The Bertz CT molecular complexity index is 711. The van der Waals surface area contributed by atoms with Gasteiger partial charge in [-0.1, -0.05) is 38.5 Å². The molecule has 122 valence electrons. The first kappa shape index (κ1) is 14.8. The lowest BCUT2D eigenvalue weighted by Gasteiger charge is -2.49. The maximum absolute atomic E-state index is 11.8. The van der Waals surface area contributed by atoms with Gasteiger partial charge in [-0.2, -0.15) is 0 Å². The highest BCUT2D eigenvalue weighted by molar-refractivity contribution is 5.97. The third kappa shape index (κ3) is 1.73. The second kappa shape index (κ2) is 4.84. The minimum atomic E-state index is -0.649. The van der Waals surface area contributed by atoms with Crippen molar-refractivity contribution in [3.05, 3.63) is 41.0 Å². The number of allylic oxidation sites excluding steroid dienone is 1. The van der Waals surface area contributed by atoms with Crippen molar-refractivity contribution in [3.63, 3.8) is 0 Å². The largest absolute Gasteiger partial charge is 0.485 e. The van der Waals surface area contributed by atoms with Crippen molar-refractivity contribution in [2.75, 3.05) is 0 Å². The number of aliphatic hydroxyl groups excluding tert-OH is 1. The number of carbonyl (C=O) groups excluding carboxylic acids is 1. The molecule has 0 radical (unpaired) electrons. The van der Waals surface area contributed by atoms with Gasteiger partial charge in [0.25, 0.3) is 5.91 Å². The van der Waals surface area contributed by atoms with Crippen molar-refractivity contribution in [2.45, 2.75) is 50.7 Å². The van der Waals surface area contributed by atoms with Gasteiger partial charge < -0.3 is 15.6 Å². The molecule has 1 aromatic carbocycles. The Morgan fingerprint density at radius 3 is 2.91 bits per heavy atom. The van der Waals surface area contributed by atoms with Gasteiger partial charge in [0, 0.05) is 11.0 Å². The molecule has 3 N–H and O–H groups in total. The van der Waals surface area contributed by atoms with Gasteiger partial charge in [-0.05, 0) is 36.3 Å². The van der Waals surface area contributed by atoms with Gasteiger partial charge in [-0.25, -0.2) is 0 Å². The minimum Gasteiger partial charge on any atom is -0.485 e. The summed E-state index contributed by atoms with van der Waals surface area (Å²) in [4.78, 5) is 11.8. The number of nitrogens with two attached hydrogens (primary N) is 1. The number of rotatable bonds is 3. The summed E-state index contributed by atoms with van der Waals surface area (Å²) in [6, 6.07) is 3.81. The summed E-state index contributed by atoms with van der Waals surface area (Å²) in [6.07, 6.45) is 5.96. The fourth-order valence-electron chi connectivity index (χ4n) is 5.25. The summed E-state index contributed by atoms with van der Waals surface area (Å²) >= 11 is 0. The Hall–Kier alpha value is -1.81. The summed E-state index contributed by atoms with van der Waals surface area (Å²) in [5.41, 5.74) is 8.13. The molecule has 4 heteroatoms. The molecule has 1 amide bonds. The van der Waals surface area contributed by atoms with Gasteiger partial charge in [-0.15, -0.1) is 0 Å². The molecule has 2 aliphatic carbocycles. The lowest BCUT2D eigenvalue weighted by Crippen LogP contribution is -2.55. The van der Waals surface area contributed by atoms with Crippen molar-refractivity contribution in [1.29, 1.82) is 0 Å². The van der Waals surface area contributed by atoms with Crippen molar-refractivity contribution in [1.82, 2.24) is 0 Å². The van der Waals surface area contributed by atoms with E-state index in [1.165, 1.54) is 5.56 Å². The fourth-order valence-corrected chi connectivity index (χ4v) is 5.25. The number of amides is 1.